The molecule has 5 nitrogen and oxygen atoms in total. The fourth-order valence-electron chi connectivity index (χ4n) is 2.07. The van der Waals surface area contributed by atoms with Crippen molar-refractivity contribution >= 4 is 30.6 Å². The van der Waals surface area contributed by atoms with Crippen LogP contribution in [0.15, 0.2) is 12.3 Å². The zero-order chi connectivity index (χ0) is 12.7. The van der Waals surface area contributed by atoms with E-state index in [-0.39, 0.29) is 5.97 Å². The lowest BCUT2D eigenvalue weighted by atomic mass is 9.94. The summed E-state index contributed by atoms with van der Waals surface area (Å²) in [5.41, 5.74) is 3.03. The Balaban J connectivity index is 2.17. The van der Waals surface area contributed by atoms with Crippen molar-refractivity contribution in [3.05, 3.63) is 17.1 Å². The molecule has 3 heterocycles. The molecule has 0 bridgehead atoms. The van der Waals surface area contributed by atoms with Crippen molar-refractivity contribution < 1.29 is 14.3 Å². The summed E-state index contributed by atoms with van der Waals surface area (Å²) < 4.78 is 12.3. The van der Waals surface area contributed by atoms with E-state index in [4.69, 9.17) is 9.47 Å². The smallest absolute Gasteiger partial charge is 0.348 e. The number of rotatable bonds is 1. The van der Waals surface area contributed by atoms with Crippen molar-refractivity contribution in [3.8, 4) is 16.3 Å². The van der Waals surface area contributed by atoms with Gasteiger partial charge in [-0.05, 0) is 11.5 Å². The highest BCUT2D eigenvalue weighted by Crippen LogP contribution is 2.39. The first-order chi connectivity index (χ1) is 8.70. The predicted molar refractivity (Wildman–Crippen MR) is 70.6 cm³/mol. The van der Waals surface area contributed by atoms with Crippen LogP contribution in [-0.2, 0) is 11.3 Å². The third-order valence-corrected chi connectivity index (χ3v) is 3.93. The Morgan fingerprint density at radius 1 is 1.67 bits per heavy atom. The minimum Gasteiger partial charge on any atom is -0.481 e. The monoisotopic (exact) mass is 262 g/mol. The van der Waals surface area contributed by atoms with Gasteiger partial charge in [0, 0.05) is 6.20 Å². The van der Waals surface area contributed by atoms with Crippen LogP contribution in [0.25, 0.3) is 11.3 Å². The van der Waals surface area contributed by atoms with E-state index in [0.717, 1.165) is 28.3 Å². The van der Waals surface area contributed by atoms with Crippen molar-refractivity contribution in [1.82, 2.24) is 9.78 Å². The Labute approximate surface area is 109 Å². The molecule has 3 rings (SSSR count). The van der Waals surface area contributed by atoms with Gasteiger partial charge < -0.3 is 9.47 Å². The van der Waals surface area contributed by atoms with Gasteiger partial charge in [-0.15, -0.1) is 0 Å². The lowest BCUT2D eigenvalue weighted by molar-refractivity contribution is 0.0606. The van der Waals surface area contributed by atoms with Crippen LogP contribution >= 0.6 is 11.3 Å². The molecule has 0 aromatic carbocycles. The SMILES string of the molecule is Bc1cnn2c1-c1cc(C(=O)OC)sc1OCC2. The van der Waals surface area contributed by atoms with Gasteiger partial charge in [0.05, 0.1) is 24.9 Å². The molecule has 2 aromatic rings. The average Bonchev–Trinajstić information content (AvgIpc) is 2.89. The number of hydrogen-bond donors (Lipinski definition) is 0. The summed E-state index contributed by atoms with van der Waals surface area (Å²) >= 11 is 1.32. The molecule has 0 amide bonds. The third kappa shape index (κ3) is 1.62. The third-order valence-electron chi connectivity index (χ3n) is 2.90. The van der Waals surface area contributed by atoms with Crippen molar-refractivity contribution in [2.45, 2.75) is 6.54 Å². The molecule has 0 spiro atoms. The van der Waals surface area contributed by atoms with Crippen LogP contribution in [0.1, 0.15) is 9.67 Å². The maximum absolute atomic E-state index is 11.6. The number of carbonyl (C=O) groups is 1. The minimum atomic E-state index is -0.333. The average molecular weight is 262 g/mol. The molecule has 0 saturated heterocycles. The van der Waals surface area contributed by atoms with E-state index in [9.17, 15) is 4.79 Å². The van der Waals surface area contributed by atoms with E-state index in [1.165, 1.54) is 18.4 Å². The Hall–Kier alpha value is -1.76. The first-order valence-corrected chi connectivity index (χ1v) is 6.40. The second-order valence-corrected chi connectivity index (χ2v) is 5.07. The molecule has 92 valence electrons. The van der Waals surface area contributed by atoms with E-state index in [0.29, 0.717) is 11.5 Å². The van der Waals surface area contributed by atoms with Gasteiger partial charge in [-0.2, -0.15) is 5.10 Å². The molecule has 0 N–H and O–H groups in total. The van der Waals surface area contributed by atoms with Crippen molar-refractivity contribution in [2.24, 2.45) is 0 Å². The van der Waals surface area contributed by atoms with Gasteiger partial charge in [-0.1, -0.05) is 11.3 Å². The molecule has 0 saturated carbocycles. The molecule has 1 aliphatic rings. The summed E-state index contributed by atoms with van der Waals surface area (Å²) in [6.07, 6.45) is 1.83. The van der Waals surface area contributed by atoms with Gasteiger partial charge in [0.15, 0.2) is 5.06 Å². The second kappa shape index (κ2) is 4.17. The molecule has 7 heteroatoms. The Morgan fingerprint density at radius 3 is 3.28 bits per heavy atom. The Bertz CT molecular complexity index is 620. The molecule has 2 aromatic heterocycles. The molecule has 0 fully saturated rings. The standard InChI is InChI=1S/C11H11BN2O3S/c1-16-10(15)8-4-6-9-7(12)5-13-14(9)2-3-17-11(6)18-8/h4-5H,2-3,12H2,1H3. The van der Waals surface area contributed by atoms with Crippen LogP contribution in [0.3, 0.4) is 0 Å². The van der Waals surface area contributed by atoms with Gasteiger partial charge in [0.25, 0.3) is 0 Å². The fraction of sp³-hybridized carbons (Fsp3) is 0.273. The molecule has 1 aliphatic heterocycles. The van der Waals surface area contributed by atoms with Crippen LogP contribution in [0.5, 0.6) is 5.06 Å². The largest absolute Gasteiger partial charge is 0.481 e. The highest BCUT2D eigenvalue weighted by Gasteiger charge is 2.23. The number of fused-ring (bicyclic) bond motifs is 3. The molecule has 0 radical (unpaired) electrons. The highest BCUT2D eigenvalue weighted by molar-refractivity contribution is 7.16. The molecule has 0 atom stereocenters. The van der Waals surface area contributed by atoms with Gasteiger partial charge in [-0.3, -0.25) is 4.68 Å². The van der Waals surface area contributed by atoms with Crippen molar-refractivity contribution in [1.29, 1.82) is 0 Å². The zero-order valence-corrected chi connectivity index (χ0v) is 10.9. The fourth-order valence-corrected chi connectivity index (χ4v) is 3.02. The lowest BCUT2D eigenvalue weighted by Crippen LogP contribution is -2.09. The molecular weight excluding hydrogens is 251 g/mol. The van der Waals surface area contributed by atoms with Crippen LogP contribution in [0.4, 0.5) is 0 Å². The quantitative estimate of drug-likeness (QED) is 0.538. The lowest BCUT2D eigenvalue weighted by Gasteiger charge is -2.01. The number of methoxy groups -OCH3 is 1. The Kier molecular flexibility index (Phi) is 2.63. The van der Waals surface area contributed by atoms with Crippen molar-refractivity contribution in [3.63, 3.8) is 0 Å². The normalized spacial score (nSPS) is 13.2. The van der Waals surface area contributed by atoms with Gasteiger partial charge in [0.2, 0.25) is 0 Å². The number of ether oxygens (including phenoxy) is 2. The van der Waals surface area contributed by atoms with E-state index in [1.54, 1.807) is 0 Å². The van der Waals surface area contributed by atoms with E-state index in [2.05, 4.69) is 5.10 Å². The zero-order valence-electron chi connectivity index (χ0n) is 10.1. The molecule has 18 heavy (non-hydrogen) atoms. The molecule has 0 unspecified atom stereocenters. The number of carbonyl (C=O) groups excluding carboxylic acids is 1. The maximum atomic E-state index is 11.6. The van der Waals surface area contributed by atoms with Crippen molar-refractivity contribution in [2.75, 3.05) is 13.7 Å². The number of aromatic nitrogens is 2. The summed E-state index contributed by atoms with van der Waals surface area (Å²) in [4.78, 5) is 12.1. The number of nitrogens with zero attached hydrogens (tertiary/aromatic N) is 2. The van der Waals surface area contributed by atoms with E-state index in [1.807, 2.05) is 24.8 Å². The van der Waals surface area contributed by atoms with Crippen LogP contribution in [-0.4, -0.2) is 37.3 Å². The number of hydrogen-bond acceptors (Lipinski definition) is 5. The first kappa shape index (κ1) is 11.3. The molecular formula is C11H11BN2O3S. The van der Waals surface area contributed by atoms with Gasteiger partial charge >= 0.3 is 5.97 Å². The van der Waals surface area contributed by atoms with E-state index < -0.39 is 0 Å². The number of esters is 1. The van der Waals surface area contributed by atoms with E-state index >= 15 is 0 Å². The molecule has 0 aliphatic carbocycles. The van der Waals surface area contributed by atoms with Crippen LogP contribution in [0.2, 0.25) is 0 Å². The summed E-state index contributed by atoms with van der Waals surface area (Å²) in [6.45, 7) is 1.28. The van der Waals surface area contributed by atoms with Gasteiger partial charge in [0.1, 0.15) is 19.3 Å². The summed E-state index contributed by atoms with van der Waals surface area (Å²) in [5.74, 6) is -0.333. The minimum absolute atomic E-state index is 0.333. The van der Waals surface area contributed by atoms with Crippen LogP contribution < -0.4 is 10.2 Å². The topological polar surface area (TPSA) is 53.4 Å². The second-order valence-electron chi connectivity index (χ2n) is 4.05. The highest BCUT2D eigenvalue weighted by atomic mass is 32.1. The number of thiophene rings is 1. The Morgan fingerprint density at radius 2 is 2.50 bits per heavy atom. The van der Waals surface area contributed by atoms with Crippen LogP contribution in [0, 0.1) is 0 Å². The maximum Gasteiger partial charge on any atom is 0.348 e. The summed E-state index contributed by atoms with van der Waals surface area (Å²) in [7, 11) is 3.38. The predicted octanol–water partition coefficient (Wildman–Crippen LogP) is 0.0490. The first-order valence-electron chi connectivity index (χ1n) is 5.58. The summed E-state index contributed by atoms with van der Waals surface area (Å²) in [5, 5.41) is 5.08. The van der Waals surface area contributed by atoms with Gasteiger partial charge in [-0.25, -0.2) is 4.79 Å². The summed E-state index contributed by atoms with van der Waals surface area (Å²) in [6, 6.07) is 1.82.